The summed E-state index contributed by atoms with van der Waals surface area (Å²) < 4.78 is 48.8. The van der Waals surface area contributed by atoms with E-state index in [0.717, 1.165) is 30.3 Å². The molecule has 0 saturated carbocycles. The van der Waals surface area contributed by atoms with E-state index in [0.29, 0.717) is 12.0 Å². The lowest BCUT2D eigenvalue weighted by molar-refractivity contribution is -0.122. The summed E-state index contributed by atoms with van der Waals surface area (Å²) in [5, 5.41) is 22.4. The van der Waals surface area contributed by atoms with Crippen LogP contribution in [0.15, 0.2) is 48.8 Å². The van der Waals surface area contributed by atoms with Gasteiger partial charge in [0.05, 0.1) is 47.7 Å². The number of benzene rings is 1. The largest absolute Gasteiger partial charge is 0.392 e. The summed E-state index contributed by atoms with van der Waals surface area (Å²) in [5.41, 5.74) is -0.815. The lowest BCUT2D eigenvalue weighted by atomic mass is 9.86. The number of ether oxygens (including phenoxy) is 1. The van der Waals surface area contributed by atoms with Crippen LogP contribution in [0.4, 0.5) is 18.9 Å². The minimum Gasteiger partial charge on any atom is -0.392 e. The van der Waals surface area contributed by atoms with Crippen LogP contribution in [0.3, 0.4) is 0 Å². The molecule has 2 N–H and O–H groups in total. The molecule has 35 heavy (non-hydrogen) atoms. The number of nitrogens with zero attached hydrogens (tertiary/aromatic N) is 3. The third kappa shape index (κ3) is 4.87. The van der Waals surface area contributed by atoms with Crippen molar-refractivity contribution in [1.82, 2.24) is 9.97 Å². The molecule has 3 aromatic rings. The quantitative estimate of drug-likeness (QED) is 0.552. The molecule has 7 nitrogen and oxygen atoms in total. The van der Waals surface area contributed by atoms with Crippen LogP contribution in [0, 0.1) is 34.7 Å². The van der Waals surface area contributed by atoms with Gasteiger partial charge >= 0.3 is 0 Å². The van der Waals surface area contributed by atoms with Crippen LogP contribution in [0.2, 0.25) is 0 Å². The molecular formula is C25H21F3N4O3. The third-order valence-electron chi connectivity index (χ3n) is 5.89. The molecule has 1 aliphatic rings. The van der Waals surface area contributed by atoms with Gasteiger partial charge in [-0.2, -0.15) is 5.26 Å². The predicted octanol–water partition coefficient (Wildman–Crippen LogP) is 4.55. The van der Waals surface area contributed by atoms with Crippen LogP contribution >= 0.6 is 0 Å². The average Bonchev–Trinajstić information content (AvgIpc) is 2.84. The van der Waals surface area contributed by atoms with E-state index in [-0.39, 0.29) is 17.8 Å². The molecule has 3 heterocycles. The second kappa shape index (κ2) is 10.2. The number of rotatable bonds is 5. The Bertz CT molecular complexity index is 1280. The molecule has 0 bridgehead atoms. The molecule has 0 unspecified atom stereocenters. The van der Waals surface area contributed by atoms with Crippen molar-refractivity contribution >= 4 is 11.6 Å². The van der Waals surface area contributed by atoms with E-state index >= 15 is 0 Å². The van der Waals surface area contributed by atoms with Crippen LogP contribution in [-0.4, -0.2) is 33.2 Å². The Morgan fingerprint density at radius 1 is 1.20 bits per heavy atom. The van der Waals surface area contributed by atoms with E-state index in [1.807, 2.05) is 6.92 Å². The van der Waals surface area contributed by atoms with Crippen LogP contribution in [0.1, 0.15) is 41.9 Å². The number of pyridine rings is 2. The number of hydrogen-bond acceptors (Lipinski definition) is 6. The van der Waals surface area contributed by atoms with E-state index < -0.39 is 58.8 Å². The van der Waals surface area contributed by atoms with Crippen molar-refractivity contribution in [2.24, 2.45) is 5.92 Å². The average molecular weight is 482 g/mol. The van der Waals surface area contributed by atoms with E-state index in [1.54, 1.807) is 6.07 Å². The molecule has 1 saturated heterocycles. The van der Waals surface area contributed by atoms with Crippen LogP contribution in [0.25, 0.3) is 11.3 Å². The minimum atomic E-state index is -1.02. The van der Waals surface area contributed by atoms with Crippen molar-refractivity contribution < 1.29 is 27.8 Å². The molecule has 0 radical (unpaired) electrons. The molecule has 10 heteroatoms. The first-order chi connectivity index (χ1) is 16.8. The van der Waals surface area contributed by atoms with Gasteiger partial charge in [-0.15, -0.1) is 0 Å². The van der Waals surface area contributed by atoms with Crippen LogP contribution < -0.4 is 5.32 Å². The number of nitriles is 1. The molecule has 1 aromatic carbocycles. The fraction of sp³-hybridized carbons (Fsp3) is 0.280. The number of nitrogens with one attached hydrogen (secondary N) is 1. The first-order valence-electron chi connectivity index (χ1n) is 10.9. The van der Waals surface area contributed by atoms with E-state index in [9.17, 15) is 28.3 Å². The van der Waals surface area contributed by atoms with Gasteiger partial charge in [0.25, 0.3) is 5.91 Å². The van der Waals surface area contributed by atoms with Gasteiger partial charge in [-0.1, -0.05) is 13.0 Å². The Morgan fingerprint density at radius 3 is 2.63 bits per heavy atom. The number of aliphatic hydroxyl groups is 1. The fourth-order valence-electron chi connectivity index (χ4n) is 4.13. The lowest BCUT2D eigenvalue weighted by Crippen LogP contribution is -2.40. The zero-order chi connectivity index (χ0) is 25.1. The summed E-state index contributed by atoms with van der Waals surface area (Å²) in [7, 11) is 0. The van der Waals surface area contributed by atoms with E-state index in [1.165, 1.54) is 12.4 Å². The van der Waals surface area contributed by atoms with Gasteiger partial charge in [-0.05, 0) is 36.8 Å². The first kappa shape index (κ1) is 24.3. The number of halogens is 3. The Kier molecular flexibility index (Phi) is 7.10. The van der Waals surface area contributed by atoms with Crippen molar-refractivity contribution in [3.63, 3.8) is 0 Å². The first-order valence-corrected chi connectivity index (χ1v) is 10.9. The highest BCUT2D eigenvalue weighted by atomic mass is 19.1. The Labute approximate surface area is 199 Å². The van der Waals surface area contributed by atoms with Crippen molar-refractivity contribution in [3.8, 4) is 17.3 Å². The standard InChI is InChI=1S/C25H21F3N4O3/c1-2-21-14(11-29)20(33)10-22(35-21)13-8-9-30-12-19(13)32-25(34)18-7-6-17(28)24(31-18)23-15(26)4-3-5-16(23)27/h3-9,12,14,20-22,33H,2,10H2,1H3,(H,32,34)/t14-,20-,21-,22-/m1/s1. The molecular weight excluding hydrogens is 461 g/mol. The monoisotopic (exact) mass is 482 g/mol. The number of aliphatic hydroxyl groups excluding tert-OH is 1. The number of amides is 1. The van der Waals surface area contributed by atoms with Crippen molar-refractivity contribution in [2.75, 3.05) is 5.32 Å². The second-order valence-corrected chi connectivity index (χ2v) is 8.07. The Morgan fingerprint density at radius 2 is 1.94 bits per heavy atom. The van der Waals surface area contributed by atoms with Gasteiger partial charge in [0, 0.05) is 18.2 Å². The molecule has 180 valence electrons. The number of anilines is 1. The van der Waals surface area contributed by atoms with Crippen molar-refractivity contribution in [2.45, 2.75) is 38.1 Å². The number of carbonyl (C=O) groups excluding carboxylic acids is 1. The number of aromatic nitrogens is 2. The Balaban J connectivity index is 1.63. The molecule has 1 aliphatic heterocycles. The maximum Gasteiger partial charge on any atom is 0.274 e. The topological polar surface area (TPSA) is 108 Å². The summed E-state index contributed by atoms with van der Waals surface area (Å²) in [4.78, 5) is 20.8. The highest BCUT2D eigenvalue weighted by Crippen LogP contribution is 2.38. The highest BCUT2D eigenvalue weighted by Gasteiger charge is 2.38. The maximum atomic E-state index is 14.4. The van der Waals surface area contributed by atoms with E-state index in [2.05, 4.69) is 21.4 Å². The van der Waals surface area contributed by atoms with Gasteiger partial charge in [0.1, 0.15) is 28.8 Å². The molecule has 0 spiro atoms. The Hall–Kier alpha value is -3.81. The van der Waals surface area contributed by atoms with Gasteiger partial charge in [0.15, 0.2) is 0 Å². The van der Waals surface area contributed by atoms with Gasteiger partial charge in [-0.25, -0.2) is 18.2 Å². The van der Waals surface area contributed by atoms with Gasteiger partial charge < -0.3 is 15.2 Å². The zero-order valence-electron chi connectivity index (χ0n) is 18.6. The summed E-state index contributed by atoms with van der Waals surface area (Å²) in [6.45, 7) is 1.84. The summed E-state index contributed by atoms with van der Waals surface area (Å²) in [5.74, 6) is -4.46. The predicted molar refractivity (Wildman–Crippen MR) is 119 cm³/mol. The smallest absolute Gasteiger partial charge is 0.274 e. The van der Waals surface area contributed by atoms with Crippen LogP contribution in [0.5, 0.6) is 0 Å². The van der Waals surface area contributed by atoms with Crippen molar-refractivity contribution in [1.29, 1.82) is 5.26 Å². The van der Waals surface area contributed by atoms with Gasteiger partial charge in [-0.3, -0.25) is 9.78 Å². The molecule has 1 amide bonds. The molecule has 4 rings (SSSR count). The summed E-state index contributed by atoms with van der Waals surface area (Å²) >= 11 is 0. The van der Waals surface area contributed by atoms with Crippen molar-refractivity contribution in [3.05, 3.63) is 77.5 Å². The number of carbonyl (C=O) groups is 1. The molecule has 4 atom stereocenters. The van der Waals surface area contributed by atoms with Gasteiger partial charge in [0.2, 0.25) is 0 Å². The highest BCUT2D eigenvalue weighted by molar-refractivity contribution is 6.03. The minimum absolute atomic E-state index is 0.132. The molecule has 1 fully saturated rings. The van der Waals surface area contributed by atoms with E-state index in [4.69, 9.17) is 4.74 Å². The zero-order valence-corrected chi connectivity index (χ0v) is 18.6. The molecule has 0 aliphatic carbocycles. The summed E-state index contributed by atoms with van der Waals surface area (Å²) in [6, 6.07) is 8.76. The number of hydrogen-bond donors (Lipinski definition) is 2. The third-order valence-corrected chi connectivity index (χ3v) is 5.89. The normalized spacial score (nSPS) is 21.8. The summed E-state index contributed by atoms with van der Waals surface area (Å²) in [6.07, 6.45) is 1.47. The second-order valence-electron chi connectivity index (χ2n) is 8.07. The molecule has 2 aromatic heterocycles. The maximum absolute atomic E-state index is 14.4. The fourth-order valence-corrected chi connectivity index (χ4v) is 4.13. The van der Waals surface area contributed by atoms with Crippen LogP contribution in [-0.2, 0) is 4.74 Å². The lowest BCUT2D eigenvalue weighted by Gasteiger charge is -2.37. The SMILES string of the molecule is CC[C@H]1O[C@@H](c2ccncc2NC(=O)c2ccc(F)c(-c3c(F)cccc3F)n2)C[C@@H](O)[C@H]1C#N.